The van der Waals surface area contributed by atoms with Crippen molar-refractivity contribution in [3.05, 3.63) is 75.5 Å². The molecular weight excluding hydrogens is 434 g/mol. The van der Waals surface area contributed by atoms with Crippen molar-refractivity contribution in [1.82, 2.24) is 9.78 Å². The van der Waals surface area contributed by atoms with Gasteiger partial charge in [-0.25, -0.2) is 9.48 Å². The van der Waals surface area contributed by atoms with Gasteiger partial charge in [-0.1, -0.05) is 11.6 Å². The van der Waals surface area contributed by atoms with E-state index in [4.69, 9.17) is 16.3 Å². The maximum Gasteiger partial charge on any atom is 0.358 e. The topological polar surface area (TPSA) is 73.2 Å². The van der Waals surface area contributed by atoms with Crippen molar-refractivity contribution in [2.75, 3.05) is 11.9 Å². The summed E-state index contributed by atoms with van der Waals surface area (Å²) < 4.78 is 7.14. The van der Waals surface area contributed by atoms with Gasteiger partial charge < -0.3 is 10.1 Å². The predicted octanol–water partition coefficient (Wildman–Crippen LogP) is 4.72. The van der Waals surface area contributed by atoms with Crippen molar-refractivity contribution in [3.63, 3.8) is 0 Å². The number of nitrogens with zero attached hydrogens (tertiary/aromatic N) is 2. The molecule has 0 bridgehead atoms. The molecule has 0 spiro atoms. The lowest BCUT2D eigenvalue weighted by Gasteiger charge is -2.08. The minimum atomic E-state index is -0.466. The molecule has 0 fully saturated rings. The van der Waals surface area contributed by atoms with Gasteiger partial charge in [0.1, 0.15) is 0 Å². The lowest BCUT2D eigenvalue weighted by Crippen LogP contribution is -2.12. The largest absolute Gasteiger partial charge is 0.461 e. The number of nitrogens with one attached hydrogen (secondary N) is 1. The summed E-state index contributed by atoms with van der Waals surface area (Å²) in [5.41, 5.74) is 2.04. The Kier molecular flexibility index (Phi) is 5.93. The fraction of sp³-hybridized carbons (Fsp3) is 0.105. The average molecular weight is 449 g/mol. The Labute approximate surface area is 169 Å². The first-order chi connectivity index (χ1) is 13.0. The van der Waals surface area contributed by atoms with Gasteiger partial charge in [0.2, 0.25) is 0 Å². The highest BCUT2D eigenvalue weighted by Gasteiger charge is 2.12. The third kappa shape index (κ3) is 4.56. The van der Waals surface area contributed by atoms with Gasteiger partial charge in [0.15, 0.2) is 5.69 Å². The van der Waals surface area contributed by atoms with E-state index in [0.29, 0.717) is 27.4 Å². The Morgan fingerprint density at radius 1 is 1.19 bits per heavy atom. The molecule has 0 aliphatic rings. The summed E-state index contributed by atoms with van der Waals surface area (Å²) in [6.07, 6.45) is 1.67. The lowest BCUT2D eigenvalue weighted by atomic mass is 10.2. The lowest BCUT2D eigenvalue weighted by molar-refractivity contribution is 0.0519. The first-order valence-corrected chi connectivity index (χ1v) is 9.24. The molecule has 3 rings (SSSR count). The molecule has 0 aliphatic heterocycles. The van der Waals surface area contributed by atoms with Gasteiger partial charge in [-0.15, -0.1) is 0 Å². The SMILES string of the molecule is CCOC(=O)c1ccn(-c2ccc(NC(=O)c3cc(Cl)ccc3Br)cc2)n1. The molecule has 1 heterocycles. The zero-order chi connectivity index (χ0) is 19.4. The molecule has 138 valence electrons. The first kappa shape index (κ1) is 19.1. The predicted molar refractivity (Wildman–Crippen MR) is 107 cm³/mol. The Bertz CT molecular complexity index is 986. The van der Waals surface area contributed by atoms with Crippen LogP contribution in [-0.2, 0) is 4.74 Å². The number of hydrogen-bond donors (Lipinski definition) is 1. The summed E-state index contributed by atoms with van der Waals surface area (Å²) in [7, 11) is 0. The maximum absolute atomic E-state index is 12.4. The van der Waals surface area contributed by atoms with Crippen LogP contribution in [0.1, 0.15) is 27.8 Å². The highest BCUT2D eigenvalue weighted by atomic mass is 79.9. The van der Waals surface area contributed by atoms with Crippen molar-refractivity contribution in [3.8, 4) is 5.69 Å². The minimum Gasteiger partial charge on any atom is -0.461 e. The highest BCUT2D eigenvalue weighted by molar-refractivity contribution is 9.10. The molecule has 3 aromatic rings. The summed E-state index contributed by atoms with van der Waals surface area (Å²) >= 11 is 9.30. The van der Waals surface area contributed by atoms with E-state index in [2.05, 4.69) is 26.3 Å². The number of hydrogen-bond acceptors (Lipinski definition) is 4. The number of anilines is 1. The van der Waals surface area contributed by atoms with Crippen molar-refractivity contribution < 1.29 is 14.3 Å². The molecule has 8 heteroatoms. The van der Waals surface area contributed by atoms with Crippen LogP contribution in [0.3, 0.4) is 0 Å². The minimum absolute atomic E-state index is 0.236. The van der Waals surface area contributed by atoms with Crippen molar-refractivity contribution >= 4 is 45.1 Å². The standard InChI is InChI=1S/C19H15BrClN3O3/c1-2-27-19(26)17-9-10-24(23-17)14-6-4-13(5-7-14)22-18(25)15-11-12(21)3-8-16(15)20/h3-11H,2H2,1H3,(H,22,25). The average Bonchev–Trinajstić information content (AvgIpc) is 3.15. The van der Waals surface area contributed by atoms with Gasteiger partial charge in [-0.05, 0) is 71.4 Å². The maximum atomic E-state index is 12.4. The van der Waals surface area contributed by atoms with E-state index in [1.165, 1.54) is 0 Å². The molecule has 0 saturated heterocycles. The van der Waals surface area contributed by atoms with Gasteiger partial charge in [-0.2, -0.15) is 5.10 Å². The normalized spacial score (nSPS) is 10.5. The summed E-state index contributed by atoms with van der Waals surface area (Å²) in [6, 6.07) is 13.7. The van der Waals surface area contributed by atoms with E-state index in [9.17, 15) is 9.59 Å². The molecule has 0 aliphatic carbocycles. The van der Waals surface area contributed by atoms with Crippen molar-refractivity contribution in [1.29, 1.82) is 0 Å². The molecule has 0 saturated carbocycles. The van der Waals surface area contributed by atoms with Gasteiger partial charge >= 0.3 is 5.97 Å². The van der Waals surface area contributed by atoms with Gasteiger partial charge in [0.25, 0.3) is 5.91 Å². The van der Waals surface area contributed by atoms with Crippen LogP contribution in [0, 0.1) is 0 Å². The molecule has 0 atom stereocenters. The molecule has 1 amide bonds. The number of halogens is 2. The van der Waals surface area contributed by atoms with Crippen LogP contribution >= 0.6 is 27.5 Å². The second-order valence-electron chi connectivity index (χ2n) is 5.49. The number of amides is 1. The van der Waals surface area contributed by atoms with Crippen LogP contribution < -0.4 is 5.32 Å². The van der Waals surface area contributed by atoms with E-state index < -0.39 is 5.97 Å². The van der Waals surface area contributed by atoms with Crippen LogP contribution in [-0.4, -0.2) is 28.3 Å². The van der Waals surface area contributed by atoms with E-state index in [0.717, 1.165) is 5.69 Å². The van der Waals surface area contributed by atoms with Gasteiger partial charge in [-0.3, -0.25) is 4.79 Å². The number of benzene rings is 2. The quantitative estimate of drug-likeness (QED) is 0.573. The van der Waals surface area contributed by atoms with E-state index in [-0.39, 0.29) is 11.6 Å². The summed E-state index contributed by atoms with van der Waals surface area (Å²) in [5, 5.41) is 7.49. The molecule has 2 aromatic carbocycles. The second kappa shape index (κ2) is 8.37. The van der Waals surface area contributed by atoms with E-state index in [1.807, 2.05) is 0 Å². The zero-order valence-corrected chi connectivity index (χ0v) is 16.6. The zero-order valence-electron chi connectivity index (χ0n) is 14.3. The molecule has 0 radical (unpaired) electrons. The van der Waals surface area contributed by atoms with Crippen molar-refractivity contribution in [2.45, 2.75) is 6.92 Å². The summed E-state index contributed by atoms with van der Waals surface area (Å²) in [5.74, 6) is -0.743. The molecule has 27 heavy (non-hydrogen) atoms. The van der Waals surface area contributed by atoms with E-state index >= 15 is 0 Å². The highest BCUT2D eigenvalue weighted by Crippen LogP contribution is 2.22. The van der Waals surface area contributed by atoms with Crippen LogP contribution in [0.2, 0.25) is 5.02 Å². The molecule has 6 nitrogen and oxygen atoms in total. The fourth-order valence-corrected chi connectivity index (χ4v) is 2.95. The second-order valence-corrected chi connectivity index (χ2v) is 6.78. The van der Waals surface area contributed by atoms with Crippen LogP contribution in [0.25, 0.3) is 5.69 Å². The van der Waals surface area contributed by atoms with Gasteiger partial charge in [0, 0.05) is 21.4 Å². The third-order valence-corrected chi connectivity index (χ3v) is 4.56. The third-order valence-electron chi connectivity index (χ3n) is 3.64. The Morgan fingerprint density at radius 3 is 2.63 bits per heavy atom. The summed E-state index contributed by atoms with van der Waals surface area (Å²) in [4.78, 5) is 24.1. The number of esters is 1. The summed E-state index contributed by atoms with van der Waals surface area (Å²) in [6.45, 7) is 2.03. The van der Waals surface area contributed by atoms with E-state index in [1.54, 1.807) is 66.3 Å². The van der Waals surface area contributed by atoms with Crippen molar-refractivity contribution in [2.24, 2.45) is 0 Å². The Hall–Kier alpha value is -2.64. The smallest absolute Gasteiger partial charge is 0.358 e. The Morgan fingerprint density at radius 2 is 1.93 bits per heavy atom. The number of carbonyl (C=O) groups excluding carboxylic acids is 2. The molecule has 1 N–H and O–H groups in total. The van der Waals surface area contributed by atoms with Crippen LogP contribution in [0.5, 0.6) is 0 Å². The fourth-order valence-electron chi connectivity index (χ4n) is 2.35. The number of ether oxygens (including phenoxy) is 1. The first-order valence-electron chi connectivity index (χ1n) is 8.07. The number of aromatic nitrogens is 2. The molecule has 1 aromatic heterocycles. The Balaban J connectivity index is 1.73. The van der Waals surface area contributed by atoms with Gasteiger partial charge in [0.05, 0.1) is 17.9 Å². The molecular formula is C19H15BrClN3O3. The van der Waals surface area contributed by atoms with Crippen LogP contribution in [0.15, 0.2) is 59.2 Å². The monoisotopic (exact) mass is 447 g/mol. The van der Waals surface area contributed by atoms with Crippen LogP contribution in [0.4, 0.5) is 5.69 Å². The number of carbonyl (C=O) groups is 2. The number of rotatable bonds is 5. The molecule has 0 unspecified atom stereocenters.